The summed E-state index contributed by atoms with van der Waals surface area (Å²) in [4.78, 5) is 4.29. The van der Waals surface area contributed by atoms with Gasteiger partial charge >= 0.3 is 0 Å². The molecule has 0 unspecified atom stereocenters. The van der Waals surface area contributed by atoms with Crippen molar-refractivity contribution in [3.8, 4) is 28.5 Å². The van der Waals surface area contributed by atoms with Gasteiger partial charge in [0.05, 0.1) is 50.0 Å². The highest BCUT2D eigenvalue weighted by molar-refractivity contribution is 7.91. The van der Waals surface area contributed by atoms with Crippen LogP contribution < -0.4 is 19.5 Å². The molecule has 0 radical (unpaired) electrons. The monoisotopic (exact) mass is 407 g/mol. The lowest BCUT2D eigenvalue weighted by molar-refractivity contribution is 0.296. The molecule has 152 valence electrons. The number of fused-ring (bicyclic) bond motifs is 1. The summed E-state index contributed by atoms with van der Waals surface area (Å²) in [5.74, 6) is 2.58. The Bertz CT molecular complexity index is 941. The molecule has 1 aromatic heterocycles. The second-order valence-electron chi connectivity index (χ2n) is 7.08. The lowest BCUT2D eigenvalue weighted by Gasteiger charge is -2.16. The highest BCUT2D eigenvalue weighted by Crippen LogP contribution is 2.41. The molecule has 0 amide bonds. The first kappa shape index (κ1) is 19.1. The highest BCUT2D eigenvalue weighted by atomic mass is 32.2. The molecule has 1 aromatic carbocycles. The maximum atomic E-state index is 11.6. The van der Waals surface area contributed by atoms with Crippen LogP contribution in [-0.4, -0.2) is 62.4 Å². The van der Waals surface area contributed by atoms with Crippen LogP contribution in [0.2, 0.25) is 0 Å². The molecule has 0 spiro atoms. The van der Waals surface area contributed by atoms with E-state index >= 15 is 0 Å². The van der Waals surface area contributed by atoms with Crippen LogP contribution in [0.3, 0.4) is 0 Å². The Morgan fingerprint density at radius 1 is 1.29 bits per heavy atom. The number of methoxy groups -OCH3 is 1. The van der Waals surface area contributed by atoms with Crippen LogP contribution in [0.15, 0.2) is 24.7 Å². The van der Waals surface area contributed by atoms with Crippen molar-refractivity contribution in [1.29, 1.82) is 0 Å². The van der Waals surface area contributed by atoms with Gasteiger partial charge in [0.15, 0.2) is 21.3 Å². The first-order chi connectivity index (χ1) is 13.6. The third-order valence-corrected chi connectivity index (χ3v) is 6.84. The molecule has 1 N–H and O–H groups in total. The molecule has 1 saturated heterocycles. The van der Waals surface area contributed by atoms with E-state index in [1.54, 1.807) is 19.6 Å². The smallest absolute Gasteiger partial charge is 0.164 e. The molecule has 28 heavy (non-hydrogen) atoms. The fourth-order valence-electron chi connectivity index (χ4n) is 3.63. The van der Waals surface area contributed by atoms with E-state index in [1.165, 1.54) is 0 Å². The predicted molar refractivity (Wildman–Crippen MR) is 105 cm³/mol. The van der Waals surface area contributed by atoms with Crippen LogP contribution in [-0.2, 0) is 16.4 Å². The molecule has 9 heteroatoms. The largest absolute Gasteiger partial charge is 0.496 e. The van der Waals surface area contributed by atoms with Gasteiger partial charge in [0.25, 0.3) is 0 Å². The summed E-state index contributed by atoms with van der Waals surface area (Å²) in [6.45, 7) is 2.57. The number of hydrogen-bond donors (Lipinski definition) is 1. The Labute approximate surface area is 164 Å². The van der Waals surface area contributed by atoms with Gasteiger partial charge in [0.1, 0.15) is 5.75 Å². The van der Waals surface area contributed by atoms with Crippen LogP contribution in [0.5, 0.6) is 17.2 Å². The SMILES string of the molecule is COc1cc2c(cc1-c1cncn1CCN[C@H]1CCS(=O)(=O)C1)OCCCO2. The third kappa shape index (κ3) is 4.10. The number of nitrogens with one attached hydrogen (secondary N) is 1. The molecule has 2 aromatic rings. The third-order valence-electron chi connectivity index (χ3n) is 5.08. The van der Waals surface area contributed by atoms with E-state index in [1.807, 2.05) is 16.7 Å². The van der Waals surface area contributed by atoms with Crippen LogP contribution >= 0.6 is 0 Å². The maximum absolute atomic E-state index is 11.6. The number of aromatic nitrogens is 2. The van der Waals surface area contributed by atoms with Crippen molar-refractivity contribution >= 4 is 9.84 Å². The Kier molecular flexibility index (Phi) is 5.45. The van der Waals surface area contributed by atoms with E-state index in [0.717, 1.165) is 17.7 Å². The van der Waals surface area contributed by atoms with Crippen LogP contribution in [0.25, 0.3) is 11.3 Å². The topological polar surface area (TPSA) is 91.7 Å². The van der Waals surface area contributed by atoms with Gasteiger partial charge in [-0.3, -0.25) is 0 Å². The minimum Gasteiger partial charge on any atom is -0.496 e. The molecule has 1 fully saturated rings. The van der Waals surface area contributed by atoms with Crippen molar-refractivity contribution in [3.63, 3.8) is 0 Å². The van der Waals surface area contributed by atoms with Crippen molar-refractivity contribution in [2.45, 2.75) is 25.4 Å². The standard InChI is InChI=1S/C19H25N3O5S/c1-25-17-10-19-18(26-6-2-7-27-19)9-15(17)16-11-20-13-22(16)5-4-21-14-3-8-28(23,24)12-14/h9-11,13-14,21H,2-8,12H2,1H3/t14-/m0/s1. The van der Waals surface area contributed by atoms with Crippen molar-refractivity contribution < 1.29 is 22.6 Å². The molecule has 0 aliphatic carbocycles. The van der Waals surface area contributed by atoms with Gasteiger partial charge in [-0.2, -0.15) is 0 Å². The van der Waals surface area contributed by atoms with Crippen LogP contribution in [0, 0.1) is 0 Å². The number of imidazole rings is 1. The lowest BCUT2D eigenvalue weighted by Crippen LogP contribution is -2.32. The fourth-order valence-corrected chi connectivity index (χ4v) is 5.34. The van der Waals surface area contributed by atoms with Crippen molar-refractivity contribution in [2.24, 2.45) is 0 Å². The molecule has 3 heterocycles. The minimum absolute atomic E-state index is 0.0320. The molecule has 8 nitrogen and oxygen atoms in total. The zero-order valence-corrected chi connectivity index (χ0v) is 16.7. The van der Waals surface area contributed by atoms with Crippen LogP contribution in [0.4, 0.5) is 0 Å². The fraction of sp³-hybridized carbons (Fsp3) is 0.526. The summed E-state index contributed by atoms with van der Waals surface area (Å²) < 4.78 is 42.4. The quantitative estimate of drug-likeness (QED) is 0.776. The molecule has 2 aliphatic heterocycles. The second kappa shape index (κ2) is 8.00. The van der Waals surface area contributed by atoms with E-state index in [9.17, 15) is 8.42 Å². The summed E-state index contributed by atoms with van der Waals surface area (Å²) in [7, 11) is -1.25. The van der Waals surface area contributed by atoms with Gasteiger partial charge in [-0.15, -0.1) is 0 Å². The van der Waals surface area contributed by atoms with E-state index in [2.05, 4.69) is 10.3 Å². The Morgan fingerprint density at radius 3 is 2.79 bits per heavy atom. The Morgan fingerprint density at radius 2 is 2.07 bits per heavy atom. The summed E-state index contributed by atoms with van der Waals surface area (Å²) in [6, 6.07) is 3.82. The number of sulfone groups is 1. The average Bonchev–Trinajstić information content (AvgIpc) is 3.20. The van der Waals surface area contributed by atoms with Crippen molar-refractivity contribution in [3.05, 3.63) is 24.7 Å². The number of benzene rings is 1. The highest BCUT2D eigenvalue weighted by Gasteiger charge is 2.27. The predicted octanol–water partition coefficient (Wildman–Crippen LogP) is 1.50. The zero-order valence-electron chi connectivity index (χ0n) is 15.9. The molecule has 2 aliphatic rings. The van der Waals surface area contributed by atoms with Gasteiger partial charge in [0, 0.05) is 37.2 Å². The number of rotatable bonds is 6. The Balaban J connectivity index is 1.51. The molecule has 0 saturated carbocycles. The van der Waals surface area contributed by atoms with Crippen molar-refractivity contribution in [2.75, 3.05) is 38.4 Å². The number of hydrogen-bond acceptors (Lipinski definition) is 7. The number of ether oxygens (including phenoxy) is 3. The van der Waals surface area contributed by atoms with Gasteiger partial charge in [-0.25, -0.2) is 13.4 Å². The molecule has 1 atom stereocenters. The van der Waals surface area contributed by atoms with E-state index in [-0.39, 0.29) is 17.5 Å². The minimum atomic E-state index is -2.88. The molecular weight excluding hydrogens is 382 g/mol. The first-order valence-corrected chi connectivity index (χ1v) is 11.3. The van der Waals surface area contributed by atoms with Gasteiger partial charge in [-0.1, -0.05) is 0 Å². The van der Waals surface area contributed by atoms with Crippen molar-refractivity contribution in [1.82, 2.24) is 14.9 Å². The average molecular weight is 407 g/mol. The second-order valence-corrected chi connectivity index (χ2v) is 9.30. The van der Waals surface area contributed by atoms with Gasteiger partial charge in [0.2, 0.25) is 0 Å². The Hall–Kier alpha value is -2.26. The summed E-state index contributed by atoms with van der Waals surface area (Å²) >= 11 is 0. The molecule has 0 bridgehead atoms. The summed E-state index contributed by atoms with van der Waals surface area (Å²) in [5, 5.41) is 3.34. The van der Waals surface area contributed by atoms with Crippen LogP contribution in [0.1, 0.15) is 12.8 Å². The molecular formula is C19H25N3O5S. The summed E-state index contributed by atoms with van der Waals surface area (Å²) in [5.41, 5.74) is 1.79. The normalized spacial score (nSPS) is 20.7. The zero-order chi connectivity index (χ0) is 19.6. The van der Waals surface area contributed by atoms with Gasteiger partial charge in [-0.05, 0) is 12.5 Å². The number of nitrogens with zero attached hydrogens (tertiary/aromatic N) is 2. The van der Waals surface area contributed by atoms with E-state index in [4.69, 9.17) is 14.2 Å². The lowest BCUT2D eigenvalue weighted by atomic mass is 10.1. The van der Waals surface area contributed by atoms with E-state index < -0.39 is 9.84 Å². The van der Waals surface area contributed by atoms with E-state index in [0.29, 0.717) is 50.0 Å². The molecule has 4 rings (SSSR count). The summed E-state index contributed by atoms with van der Waals surface area (Å²) in [6.07, 6.45) is 5.08. The first-order valence-electron chi connectivity index (χ1n) is 9.48. The maximum Gasteiger partial charge on any atom is 0.164 e. The van der Waals surface area contributed by atoms with Gasteiger partial charge < -0.3 is 24.1 Å².